The first-order chi connectivity index (χ1) is 10.8. The fraction of sp³-hybridized carbons (Fsp3) is 0.500. The van der Waals surface area contributed by atoms with E-state index in [1.165, 1.54) is 0 Å². The predicted octanol–water partition coefficient (Wildman–Crippen LogP) is 1.37. The summed E-state index contributed by atoms with van der Waals surface area (Å²) in [5, 5.41) is 30.3. The van der Waals surface area contributed by atoms with E-state index >= 15 is 0 Å². The lowest BCUT2D eigenvalue weighted by Crippen LogP contribution is -2.32. The summed E-state index contributed by atoms with van der Waals surface area (Å²) in [4.78, 5) is 7.60. The number of aromatic nitrogens is 2. The van der Waals surface area contributed by atoms with E-state index in [1.807, 2.05) is 26.8 Å². The Balaban J connectivity index is 2.16. The van der Waals surface area contributed by atoms with Gasteiger partial charge >= 0.3 is 0 Å². The molecule has 0 saturated carbocycles. The number of fused-ring (bicyclic) bond motifs is 1. The molecule has 7 heteroatoms. The van der Waals surface area contributed by atoms with Crippen LogP contribution in [-0.4, -0.2) is 50.2 Å². The SMILES string of the molecule is Cc1nc2[nH]c(=S)c(C3OC(CO)C(O)C3O)cc2c(C)c1C. The number of aromatic amines is 1. The molecular formula is C16H20N2O4S. The summed E-state index contributed by atoms with van der Waals surface area (Å²) in [5.74, 6) is 0. The number of ether oxygens (including phenoxy) is 1. The second-order valence-corrected chi connectivity index (χ2v) is 6.43. The number of aliphatic hydroxyl groups is 3. The molecule has 2 aromatic rings. The Morgan fingerprint density at radius 1 is 1.22 bits per heavy atom. The van der Waals surface area contributed by atoms with E-state index in [4.69, 9.17) is 17.0 Å². The van der Waals surface area contributed by atoms with Gasteiger partial charge in [-0.05, 0) is 38.0 Å². The highest BCUT2D eigenvalue weighted by atomic mass is 32.1. The summed E-state index contributed by atoms with van der Waals surface area (Å²) in [6, 6.07) is 1.85. The molecule has 0 amide bonds. The number of hydrogen-bond donors (Lipinski definition) is 4. The topological polar surface area (TPSA) is 98.6 Å². The van der Waals surface area contributed by atoms with Crippen molar-refractivity contribution in [1.82, 2.24) is 9.97 Å². The van der Waals surface area contributed by atoms with Gasteiger partial charge in [0.05, 0.1) is 6.61 Å². The van der Waals surface area contributed by atoms with Gasteiger partial charge in [0.15, 0.2) is 0 Å². The molecule has 6 nitrogen and oxygen atoms in total. The highest BCUT2D eigenvalue weighted by Crippen LogP contribution is 2.35. The molecule has 1 aliphatic rings. The lowest BCUT2D eigenvalue weighted by atomic mass is 9.99. The van der Waals surface area contributed by atoms with Gasteiger partial charge in [-0.1, -0.05) is 12.2 Å². The van der Waals surface area contributed by atoms with Gasteiger partial charge in [-0.2, -0.15) is 0 Å². The maximum atomic E-state index is 10.2. The van der Waals surface area contributed by atoms with Gasteiger partial charge in [-0.15, -0.1) is 0 Å². The second kappa shape index (κ2) is 5.92. The van der Waals surface area contributed by atoms with Gasteiger partial charge < -0.3 is 25.0 Å². The first-order valence-corrected chi connectivity index (χ1v) is 7.89. The van der Waals surface area contributed by atoms with E-state index in [9.17, 15) is 15.3 Å². The van der Waals surface area contributed by atoms with Crippen molar-refractivity contribution in [2.24, 2.45) is 0 Å². The third-order valence-electron chi connectivity index (χ3n) is 4.69. The smallest absolute Gasteiger partial charge is 0.138 e. The van der Waals surface area contributed by atoms with Crippen LogP contribution in [0.5, 0.6) is 0 Å². The number of hydrogen-bond acceptors (Lipinski definition) is 6. The number of aliphatic hydroxyl groups excluding tert-OH is 3. The zero-order valence-electron chi connectivity index (χ0n) is 13.2. The monoisotopic (exact) mass is 336 g/mol. The lowest BCUT2D eigenvalue weighted by Gasteiger charge is -2.17. The van der Waals surface area contributed by atoms with Crippen LogP contribution in [0.1, 0.15) is 28.5 Å². The number of pyridine rings is 2. The zero-order chi connectivity index (χ0) is 16.9. The second-order valence-electron chi connectivity index (χ2n) is 6.02. The van der Waals surface area contributed by atoms with Crippen LogP contribution in [0.3, 0.4) is 0 Å². The molecule has 124 valence electrons. The molecule has 1 aliphatic heterocycles. The summed E-state index contributed by atoms with van der Waals surface area (Å²) in [5.41, 5.74) is 4.37. The van der Waals surface area contributed by atoms with Crippen LogP contribution in [0.4, 0.5) is 0 Å². The Morgan fingerprint density at radius 3 is 2.52 bits per heavy atom. The van der Waals surface area contributed by atoms with Gasteiger partial charge in [-0.25, -0.2) is 4.98 Å². The van der Waals surface area contributed by atoms with Crippen LogP contribution in [0.25, 0.3) is 11.0 Å². The minimum Gasteiger partial charge on any atom is -0.394 e. The molecule has 3 heterocycles. The molecule has 23 heavy (non-hydrogen) atoms. The normalized spacial score (nSPS) is 27.7. The summed E-state index contributed by atoms with van der Waals surface area (Å²) < 4.78 is 5.99. The molecule has 0 bridgehead atoms. The molecule has 0 spiro atoms. The number of H-pyrrole nitrogens is 1. The molecule has 4 atom stereocenters. The fourth-order valence-corrected chi connectivity index (χ4v) is 3.28. The lowest BCUT2D eigenvalue weighted by molar-refractivity contribution is -0.0229. The third-order valence-corrected chi connectivity index (χ3v) is 5.02. The van der Waals surface area contributed by atoms with Crippen LogP contribution >= 0.6 is 12.2 Å². The van der Waals surface area contributed by atoms with E-state index in [-0.39, 0.29) is 6.61 Å². The maximum absolute atomic E-state index is 10.2. The first-order valence-electron chi connectivity index (χ1n) is 7.48. The van der Waals surface area contributed by atoms with E-state index in [2.05, 4.69) is 9.97 Å². The Labute approximate surface area is 138 Å². The van der Waals surface area contributed by atoms with Gasteiger partial charge in [0, 0.05) is 16.6 Å². The van der Waals surface area contributed by atoms with Crippen molar-refractivity contribution in [3.05, 3.63) is 33.1 Å². The molecular weight excluding hydrogens is 316 g/mol. The molecule has 4 unspecified atom stereocenters. The Kier molecular flexibility index (Phi) is 4.24. The number of rotatable bonds is 2. The van der Waals surface area contributed by atoms with Gasteiger partial charge in [0.2, 0.25) is 0 Å². The van der Waals surface area contributed by atoms with Crippen molar-refractivity contribution in [2.45, 2.75) is 45.2 Å². The average molecular weight is 336 g/mol. The molecule has 2 aromatic heterocycles. The number of nitrogens with zero attached hydrogens (tertiary/aromatic N) is 1. The Morgan fingerprint density at radius 2 is 1.91 bits per heavy atom. The van der Waals surface area contributed by atoms with E-state index in [1.54, 1.807) is 0 Å². The van der Waals surface area contributed by atoms with Crippen molar-refractivity contribution < 1.29 is 20.1 Å². The van der Waals surface area contributed by atoms with Gasteiger partial charge in [0.25, 0.3) is 0 Å². The largest absolute Gasteiger partial charge is 0.394 e. The van der Waals surface area contributed by atoms with Crippen molar-refractivity contribution >= 4 is 23.3 Å². The fourth-order valence-electron chi connectivity index (χ4n) is 3.00. The maximum Gasteiger partial charge on any atom is 0.138 e. The zero-order valence-corrected chi connectivity index (χ0v) is 14.0. The number of nitrogens with one attached hydrogen (secondary N) is 1. The standard InChI is InChI=1S/C16H20N2O4S/c1-6-7(2)9-4-10(16(23)18-15(9)17-8(6)3)14-13(21)12(20)11(5-19)22-14/h4,11-14,19-21H,5H2,1-3H3,(H,17,18,23). The summed E-state index contributed by atoms with van der Waals surface area (Å²) in [6.45, 7) is 5.59. The third kappa shape index (κ3) is 2.58. The summed E-state index contributed by atoms with van der Waals surface area (Å²) in [7, 11) is 0. The molecule has 1 fully saturated rings. The van der Waals surface area contributed by atoms with Crippen LogP contribution in [0.2, 0.25) is 0 Å². The van der Waals surface area contributed by atoms with Crippen LogP contribution in [0.15, 0.2) is 6.07 Å². The highest BCUT2D eigenvalue weighted by Gasteiger charge is 2.43. The minimum atomic E-state index is -1.14. The van der Waals surface area contributed by atoms with Crippen molar-refractivity contribution in [3.63, 3.8) is 0 Å². The van der Waals surface area contributed by atoms with Crippen LogP contribution < -0.4 is 0 Å². The highest BCUT2D eigenvalue weighted by molar-refractivity contribution is 7.71. The molecule has 0 aromatic carbocycles. The average Bonchev–Trinajstić information content (AvgIpc) is 2.80. The molecule has 3 rings (SSSR count). The molecule has 0 aliphatic carbocycles. The van der Waals surface area contributed by atoms with Crippen molar-refractivity contribution in [2.75, 3.05) is 6.61 Å². The molecule has 1 saturated heterocycles. The van der Waals surface area contributed by atoms with E-state index < -0.39 is 24.4 Å². The molecule has 0 radical (unpaired) electrons. The molecule has 4 N–H and O–H groups in total. The Bertz CT molecular complexity index is 820. The van der Waals surface area contributed by atoms with Crippen molar-refractivity contribution in [3.8, 4) is 0 Å². The quantitative estimate of drug-likeness (QED) is 0.618. The van der Waals surface area contributed by atoms with Crippen molar-refractivity contribution in [1.29, 1.82) is 0 Å². The summed E-state index contributed by atoms with van der Waals surface area (Å²) >= 11 is 5.37. The van der Waals surface area contributed by atoms with Gasteiger partial charge in [-0.3, -0.25) is 0 Å². The van der Waals surface area contributed by atoms with Gasteiger partial charge in [0.1, 0.15) is 34.7 Å². The summed E-state index contributed by atoms with van der Waals surface area (Å²) in [6.07, 6.45) is -3.89. The number of aryl methyl sites for hydroxylation is 2. The first kappa shape index (κ1) is 16.5. The van der Waals surface area contributed by atoms with E-state index in [0.29, 0.717) is 15.9 Å². The predicted molar refractivity (Wildman–Crippen MR) is 87.9 cm³/mol. The minimum absolute atomic E-state index is 0.363. The van der Waals surface area contributed by atoms with E-state index in [0.717, 1.165) is 22.2 Å². The Hall–Kier alpha value is -1.38. The van der Waals surface area contributed by atoms with Crippen LogP contribution in [0, 0.1) is 25.4 Å². The van der Waals surface area contributed by atoms with Crippen LogP contribution in [-0.2, 0) is 4.74 Å².